The van der Waals surface area contributed by atoms with Crippen molar-refractivity contribution in [3.05, 3.63) is 39.9 Å². The predicted molar refractivity (Wildman–Crippen MR) is 83.2 cm³/mol. The first-order chi connectivity index (χ1) is 10.2. The summed E-state index contributed by atoms with van der Waals surface area (Å²) in [7, 11) is 0. The molecule has 3 atom stereocenters. The molecular weight excluding hydrogens is 264 g/mol. The van der Waals surface area contributed by atoms with Gasteiger partial charge in [-0.2, -0.15) is 0 Å². The van der Waals surface area contributed by atoms with Gasteiger partial charge in [0.1, 0.15) is 0 Å². The molecule has 2 fully saturated rings. The van der Waals surface area contributed by atoms with Gasteiger partial charge < -0.3 is 5.32 Å². The van der Waals surface area contributed by atoms with Gasteiger partial charge in [0.2, 0.25) is 0 Å². The lowest BCUT2D eigenvalue weighted by molar-refractivity contribution is -0.385. The minimum absolute atomic E-state index is 0.250. The number of benzene rings is 1. The highest BCUT2D eigenvalue weighted by Crippen LogP contribution is 2.59. The number of fused-ring (bicyclic) bond motifs is 1. The van der Waals surface area contributed by atoms with Crippen LogP contribution in [-0.4, -0.2) is 17.5 Å². The van der Waals surface area contributed by atoms with Crippen molar-refractivity contribution < 1.29 is 4.92 Å². The first kappa shape index (κ1) is 14.5. The number of nitrogens with zero attached hydrogens (tertiary/aromatic N) is 1. The molecule has 0 saturated heterocycles. The standard InChI is InChI=1S/C17H24N2O2/c1-2-10-18-15(17-13-7-5-8-14(13)17)11-12-6-3-4-9-16(12)19(20)21/h3-4,6,9,13-15,17-18H,2,5,7-8,10-11H2,1H3. The Balaban J connectivity index is 1.74. The normalized spacial score (nSPS) is 28.1. The van der Waals surface area contributed by atoms with Gasteiger partial charge in [-0.15, -0.1) is 0 Å². The first-order valence-electron chi connectivity index (χ1n) is 8.18. The lowest BCUT2D eigenvalue weighted by Crippen LogP contribution is -2.35. The number of para-hydroxylation sites is 1. The molecule has 0 aromatic heterocycles. The second-order valence-electron chi connectivity index (χ2n) is 6.49. The predicted octanol–water partition coefficient (Wildman–Crippen LogP) is 3.55. The summed E-state index contributed by atoms with van der Waals surface area (Å²) in [5.41, 5.74) is 1.15. The molecular formula is C17H24N2O2. The zero-order valence-corrected chi connectivity index (χ0v) is 12.6. The van der Waals surface area contributed by atoms with Gasteiger partial charge in [-0.1, -0.05) is 31.5 Å². The quantitative estimate of drug-likeness (QED) is 0.616. The van der Waals surface area contributed by atoms with Crippen LogP contribution in [0.25, 0.3) is 0 Å². The van der Waals surface area contributed by atoms with Crippen LogP contribution in [0, 0.1) is 27.9 Å². The van der Waals surface area contributed by atoms with Gasteiger partial charge in [-0.05, 0) is 50.0 Å². The molecule has 0 heterocycles. The molecule has 0 amide bonds. The highest BCUT2D eigenvalue weighted by atomic mass is 16.6. The van der Waals surface area contributed by atoms with E-state index in [2.05, 4.69) is 12.2 Å². The highest BCUT2D eigenvalue weighted by molar-refractivity contribution is 5.40. The van der Waals surface area contributed by atoms with E-state index in [0.29, 0.717) is 6.04 Å². The smallest absolute Gasteiger partial charge is 0.272 e. The van der Waals surface area contributed by atoms with Gasteiger partial charge in [0.05, 0.1) is 4.92 Å². The van der Waals surface area contributed by atoms with Gasteiger partial charge >= 0.3 is 0 Å². The SMILES string of the molecule is CCCNC(Cc1ccccc1[N+](=O)[O-])C1C2CCCC21. The molecule has 1 N–H and O–H groups in total. The fourth-order valence-electron chi connectivity index (χ4n) is 4.25. The fourth-order valence-corrected chi connectivity index (χ4v) is 4.25. The molecule has 3 rings (SSSR count). The van der Waals surface area contributed by atoms with E-state index >= 15 is 0 Å². The molecule has 2 aliphatic carbocycles. The van der Waals surface area contributed by atoms with E-state index in [0.717, 1.165) is 42.7 Å². The van der Waals surface area contributed by atoms with Crippen molar-refractivity contribution in [1.82, 2.24) is 5.32 Å². The molecule has 2 saturated carbocycles. The average Bonchev–Trinajstić information content (AvgIpc) is 2.95. The molecule has 1 aromatic rings. The van der Waals surface area contributed by atoms with Gasteiger partial charge in [-0.3, -0.25) is 10.1 Å². The van der Waals surface area contributed by atoms with Crippen molar-refractivity contribution in [3.63, 3.8) is 0 Å². The molecule has 2 aliphatic rings. The maximum Gasteiger partial charge on any atom is 0.272 e. The van der Waals surface area contributed by atoms with Gasteiger partial charge in [0.15, 0.2) is 0 Å². The summed E-state index contributed by atoms with van der Waals surface area (Å²) in [4.78, 5) is 10.9. The van der Waals surface area contributed by atoms with E-state index < -0.39 is 0 Å². The van der Waals surface area contributed by atoms with Crippen molar-refractivity contribution in [2.45, 2.75) is 45.1 Å². The third kappa shape index (κ3) is 2.95. The van der Waals surface area contributed by atoms with Crippen LogP contribution in [0.3, 0.4) is 0 Å². The van der Waals surface area contributed by atoms with E-state index in [1.165, 1.54) is 19.3 Å². The molecule has 3 unspecified atom stereocenters. The van der Waals surface area contributed by atoms with Crippen LogP contribution in [0.4, 0.5) is 5.69 Å². The van der Waals surface area contributed by atoms with Crippen molar-refractivity contribution >= 4 is 5.69 Å². The summed E-state index contributed by atoms with van der Waals surface area (Å²) in [5.74, 6) is 2.49. The summed E-state index contributed by atoms with van der Waals surface area (Å²) in [6, 6.07) is 7.60. The molecule has 0 radical (unpaired) electrons. The first-order valence-corrected chi connectivity index (χ1v) is 8.18. The minimum Gasteiger partial charge on any atom is -0.313 e. The van der Waals surface area contributed by atoms with Gasteiger partial charge in [0, 0.05) is 17.7 Å². The van der Waals surface area contributed by atoms with E-state index in [1.807, 2.05) is 12.1 Å². The minimum atomic E-state index is -0.250. The number of hydrogen-bond donors (Lipinski definition) is 1. The summed E-state index contributed by atoms with van der Waals surface area (Å²) in [5, 5.41) is 14.8. The van der Waals surface area contributed by atoms with Crippen LogP contribution < -0.4 is 5.32 Å². The maximum atomic E-state index is 11.2. The maximum absolute atomic E-state index is 11.2. The Morgan fingerprint density at radius 1 is 1.33 bits per heavy atom. The summed E-state index contributed by atoms with van der Waals surface area (Å²) in [6.07, 6.45) is 5.98. The van der Waals surface area contributed by atoms with Gasteiger partial charge in [-0.25, -0.2) is 0 Å². The summed E-state index contributed by atoms with van der Waals surface area (Å²) >= 11 is 0. The lowest BCUT2D eigenvalue weighted by atomic mass is 9.96. The Morgan fingerprint density at radius 2 is 2.05 bits per heavy atom. The molecule has 21 heavy (non-hydrogen) atoms. The van der Waals surface area contributed by atoms with Crippen LogP contribution in [-0.2, 0) is 6.42 Å². The van der Waals surface area contributed by atoms with Gasteiger partial charge in [0.25, 0.3) is 5.69 Å². The second-order valence-corrected chi connectivity index (χ2v) is 6.49. The highest BCUT2D eigenvalue weighted by Gasteiger charge is 2.55. The molecule has 0 aliphatic heterocycles. The zero-order chi connectivity index (χ0) is 14.8. The number of nitro groups is 1. The van der Waals surface area contributed by atoms with E-state index in [-0.39, 0.29) is 10.6 Å². The number of nitrogens with one attached hydrogen (secondary N) is 1. The van der Waals surface area contributed by atoms with E-state index in [9.17, 15) is 10.1 Å². The van der Waals surface area contributed by atoms with Crippen molar-refractivity contribution in [2.75, 3.05) is 6.54 Å². The Morgan fingerprint density at radius 3 is 2.71 bits per heavy atom. The largest absolute Gasteiger partial charge is 0.313 e. The number of hydrogen-bond acceptors (Lipinski definition) is 3. The van der Waals surface area contributed by atoms with Crippen LogP contribution in [0.15, 0.2) is 24.3 Å². The molecule has 0 spiro atoms. The molecule has 4 heteroatoms. The van der Waals surface area contributed by atoms with Crippen LogP contribution in [0.2, 0.25) is 0 Å². The number of nitro benzene ring substituents is 1. The van der Waals surface area contributed by atoms with Crippen molar-refractivity contribution in [1.29, 1.82) is 0 Å². The summed E-state index contributed by atoms with van der Waals surface area (Å²) in [6.45, 7) is 3.17. The second kappa shape index (κ2) is 6.14. The zero-order valence-electron chi connectivity index (χ0n) is 12.6. The molecule has 1 aromatic carbocycles. The van der Waals surface area contributed by atoms with Crippen molar-refractivity contribution in [3.8, 4) is 0 Å². The van der Waals surface area contributed by atoms with Crippen LogP contribution in [0.1, 0.15) is 38.2 Å². The topological polar surface area (TPSA) is 55.2 Å². The summed E-state index contributed by atoms with van der Waals surface area (Å²) < 4.78 is 0. The van der Waals surface area contributed by atoms with E-state index in [1.54, 1.807) is 12.1 Å². The third-order valence-corrected chi connectivity index (χ3v) is 5.22. The Kier molecular flexibility index (Phi) is 4.24. The van der Waals surface area contributed by atoms with Crippen molar-refractivity contribution in [2.24, 2.45) is 17.8 Å². The third-order valence-electron chi connectivity index (χ3n) is 5.22. The Bertz CT molecular complexity index is 507. The van der Waals surface area contributed by atoms with Crippen LogP contribution in [0.5, 0.6) is 0 Å². The monoisotopic (exact) mass is 288 g/mol. The fraction of sp³-hybridized carbons (Fsp3) is 0.647. The Labute approximate surface area is 126 Å². The molecule has 0 bridgehead atoms. The number of rotatable bonds is 7. The Hall–Kier alpha value is -1.42. The molecule has 114 valence electrons. The van der Waals surface area contributed by atoms with E-state index in [4.69, 9.17) is 0 Å². The average molecular weight is 288 g/mol. The molecule has 4 nitrogen and oxygen atoms in total. The lowest BCUT2D eigenvalue weighted by Gasteiger charge is -2.20. The van der Waals surface area contributed by atoms with Crippen LogP contribution >= 0.6 is 0 Å².